The fourth-order valence-corrected chi connectivity index (χ4v) is 4.79. The summed E-state index contributed by atoms with van der Waals surface area (Å²) in [5, 5.41) is 13.1. The SMILES string of the molecule is CO/C(N)=C(/C=C\C(C)Nc1cc(-c2ccc(OC3CCOCC3)c(C#N)c2)ncn1)N1C[C@@H](C)O[C@@H](C)C1. The quantitative estimate of drug-likeness (QED) is 0.362. The molecule has 3 atom stereocenters. The number of anilines is 1. The summed E-state index contributed by atoms with van der Waals surface area (Å²) in [7, 11) is 1.57. The van der Waals surface area contributed by atoms with Crippen molar-refractivity contribution in [3.63, 3.8) is 0 Å². The zero-order valence-electron chi connectivity index (χ0n) is 23.1. The number of nitrogens with two attached hydrogens (primary N) is 1. The summed E-state index contributed by atoms with van der Waals surface area (Å²) in [4.78, 5) is 11.0. The van der Waals surface area contributed by atoms with Crippen molar-refractivity contribution < 1.29 is 18.9 Å². The molecule has 3 heterocycles. The van der Waals surface area contributed by atoms with Crippen LogP contribution in [0.15, 0.2) is 54.3 Å². The minimum atomic E-state index is -0.0618. The minimum absolute atomic E-state index is 0.0609. The Labute approximate surface area is 230 Å². The Morgan fingerprint density at radius 2 is 1.95 bits per heavy atom. The van der Waals surface area contributed by atoms with E-state index in [4.69, 9.17) is 24.7 Å². The number of aromatic nitrogens is 2. The minimum Gasteiger partial charge on any atom is -0.489 e. The number of hydrogen-bond donors (Lipinski definition) is 2. The number of morpholine rings is 1. The molecule has 39 heavy (non-hydrogen) atoms. The fraction of sp³-hybridized carbons (Fsp3) is 0.483. The van der Waals surface area contributed by atoms with Crippen molar-refractivity contribution in [3.8, 4) is 23.1 Å². The molecular weight excluding hydrogens is 496 g/mol. The molecule has 2 aliphatic heterocycles. The third-order valence-corrected chi connectivity index (χ3v) is 6.68. The fourth-order valence-electron chi connectivity index (χ4n) is 4.79. The first-order valence-electron chi connectivity index (χ1n) is 13.4. The summed E-state index contributed by atoms with van der Waals surface area (Å²) in [6.07, 6.45) is 7.40. The van der Waals surface area contributed by atoms with Crippen LogP contribution in [0.4, 0.5) is 5.82 Å². The molecule has 2 saturated heterocycles. The van der Waals surface area contributed by atoms with E-state index in [0.717, 1.165) is 37.2 Å². The van der Waals surface area contributed by atoms with Gasteiger partial charge in [0.1, 0.15) is 30.1 Å². The number of rotatable bonds is 9. The maximum absolute atomic E-state index is 9.74. The van der Waals surface area contributed by atoms with E-state index in [1.165, 1.54) is 6.33 Å². The van der Waals surface area contributed by atoms with Gasteiger partial charge in [0.05, 0.1) is 49.5 Å². The van der Waals surface area contributed by atoms with Gasteiger partial charge in [-0.3, -0.25) is 0 Å². The predicted octanol–water partition coefficient (Wildman–Crippen LogP) is 3.81. The van der Waals surface area contributed by atoms with Crippen LogP contribution < -0.4 is 15.8 Å². The number of nitrogens with one attached hydrogen (secondary N) is 1. The lowest BCUT2D eigenvalue weighted by molar-refractivity contribution is -0.0578. The van der Waals surface area contributed by atoms with Gasteiger partial charge in [-0.15, -0.1) is 0 Å². The summed E-state index contributed by atoms with van der Waals surface area (Å²) in [6.45, 7) is 8.95. The second-order valence-electron chi connectivity index (χ2n) is 9.95. The number of nitrogens with zero attached hydrogens (tertiary/aromatic N) is 4. The second kappa shape index (κ2) is 13.3. The molecule has 0 bridgehead atoms. The largest absolute Gasteiger partial charge is 0.489 e. The van der Waals surface area contributed by atoms with E-state index in [1.807, 2.05) is 37.3 Å². The monoisotopic (exact) mass is 534 g/mol. The molecule has 1 aromatic carbocycles. The first-order chi connectivity index (χ1) is 18.9. The van der Waals surface area contributed by atoms with Crippen LogP contribution in [0.1, 0.15) is 39.2 Å². The lowest BCUT2D eigenvalue weighted by Crippen LogP contribution is -2.45. The number of nitriles is 1. The maximum atomic E-state index is 9.74. The maximum Gasteiger partial charge on any atom is 0.208 e. The molecule has 0 amide bonds. The smallest absolute Gasteiger partial charge is 0.208 e. The summed E-state index contributed by atoms with van der Waals surface area (Å²) >= 11 is 0. The van der Waals surface area contributed by atoms with Crippen LogP contribution in [0.25, 0.3) is 11.3 Å². The number of allylic oxidation sites excluding steroid dienone is 1. The van der Waals surface area contributed by atoms with E-state index in [0.29, 0.717) is 41.9 Å². The highest BCUT2D eigenvalue weighted by Gasteiger charge is 2.25. The normalized spacial score (nSPS) is 21.7. The predicted molar refractivity (Wildman–Crippen MR) is 149 cm³/mol. The number of benzene rings is 1. The number of methoxy groups -OCH3 is 1. The zero-order valence-corrected chi connectivity index (χ0v) is 23.1. The van der Waals surface area contributed by atoms with Crippen molar-refractivity contribution >= 4 is 5.82 Å². The number of ether oxygens (including phenoxy) is 4. The van der Waals surface area contributed by atoms with Gasteiger partial charge in [-0.05, 0) is 45.0 Å². The molecule has 0 saturated carbocycles. The van der Waals surface area contributed by atoms with Crippen molar-refractivity contribution in [2.45, 2.75) is 58.0 Å². The molecule has 0 aliphatic carbocycles. The molecule has 1 aromatic heterocycles. The first kappa shape index (κ1) is 28.2. The summed E-state index contributed by atoms with van der Waals surface area (Å²) in [6, 6.07) is 9.62. The lowest BCUT2D eigenvalue weighted by Gasteiger charge is -2.37. The summed E-state index contributed by atoms with van der Waals surface area (Å²) in [5.41, 5.74) is 9.01. The molecular formula is C29H38N6O4. The van der Waals surface area contributed by atoms with Crippen LogP contribution in [-0.4, -0.2) is 72.6 Å². The van der Waals surface area contributed by atoms with Crippen molar-refractivity contribution in [2.75, 3.05) is 38.7 Å². The van der Waals surface area contributed by atoms with Crippen LogP contribution in [0.2, 0.25) is 0 Å². The Bertz CT molecular complexity index is 1210. The van der Waals surface area contributed by atoms with Gasteiger partial charge >= 0.3 is 0 Å². The van der Waals surface area contributed by atoms with Gasteiger partial charge < -0.3 is 34.9 Å². The number of hydrogen-bond acceptors (Lipinski definition) is 10. The molecule has 0 spiro atoms. The van der Waals surface area contributed by atoms with Crippen molar-refractivity contribution in [2.24, 2.45) is 5.73 Å². The van der Waals surface area contributed by atoms with Crippen LogP contribution in [0, 0.1) is 11.3 Å². The molecule has 2 aliphatic rings. The molecule has 10 nitrogen and oxygen atoms in total. The van der Waals surface area contributed by atoms with Crippen LogP contribution in [-0.2, 0) is 14.2 Å². The molecule has 4 rings (SSSR count). The van der Waals surface area contributed by atoms with Crippen LogP contribution >= 0.6 is 0 Å². The van der Waals surface area contributed by atoms with E-state index in [2.05, 4.69) is 40.1 Å². The van der Waals surface area contributed by atoms with E-state index in [1.54, 1.807) is 13.2 Å². The highest BCUT2D eigenvalue weighted by atomic mass is 16.5. The van der Waals surface area contributed by atoms with Gasteiger partial charge in [-0.1, -0.05) is 6.08 Å². The average molecular weight is 535 g/mol. The lowest BCUT2D eigenvalue weighted by atomic mass is 10.1. The molecule has 10 heteroatoms. The Morgan fingerprint density at radius 1 is 1.21 bits per heavy atom. The van der Waals surface area contributed by atoms with Gasteiger partial charge in [0.15, 0.2) is 0 Å². The highest BCUT2D eigenvalue weighted by molar-refractivity contribution is 5.66. The topological polar surface area (TPSA) is 128 Å². The third-order valence-electron chi connectivity index (χ3n) is 6.68. The first-order valence-corrected chi connectivity index (χ1v) is 13.4. The van der Waals surface area contributed by atoms with Crippen molar-refractivity contribution in [1.82, 2.24) is 14.9 Å². The van der Waals surface area contributed by atoms with Crippen LogP contribution in [0.5, 0.6) is 5.75 Å². The standard InChI is InChI=1S/C29H38N6O4/c1-19(5-7-26(29(31)36-4)35-16-20(2)38-21(3)17-35)34-28-14-25(32-18-33-28)22-6-8-27(23(13-22)15-30)39-24-9-11-37-12-10-24/h5-8,13-14,18-21,24H,9-12,16-17,31H2,1-4H3,(H,32,33,34)/b7-5-,29-26-/t19?,20-,21+. The zero-order chi connectivity index (χ0) is 27.8. The average Bonchev–Trinajstić information content (AvgIpc) is 2.93. The Hall–Kier alpha value is -3.81. The summed E-state index contributed by atoms with van der Waals surface area (Å²) < 4.78 is 22.7. The molecule has 0 radical (unpaired) electrons. The molecule has 1 unspecified atom stereocenters. The Balaban J connectivity index is 1.45. The molecule has 3 N–H and O–H groups in total. The van der Waals surface area contributed by atoms with E-state index >= 15 is 0 Å². The van der Waals surface area contributed by atoms with Gasteiger partial charge in [0, 0.05) is 43.6 Å². The molecule has 2 fully saturated rings. The molecule has 208 valence electrons. The summed E-state index contributed by atoms with van der Waals surface area (Å²) in [5.74, 6) is 1.61. The van der Waals surface area contributed by atoms with E-state index < -0.39 is 0 Å². The third kappa shape index (κ3) is 7.62. The van der Waals surface area contributed by atoms with Gasteiger partial charge in [0.25, 0.3) is 0 Å². The van der Waals surface area contributed by atoms with Gasteiger partial charge in [0.2, 0.25) is 5.88 Å². The second-order valence-corrected chi connectivity index (χ2v) is 9.95. The Kier molecular flexibility index (Phi) is 9.63. The van der Waals surface area contributed by atoms with Gasteiger partial charge in [-0.2, -0.15) is 5.26 Å². The van der Waals surface area contributed by atoms with E-state index in [-0.39, 0.29) is 24.4 Å². The van der Waals surface area contributed by atoms with Crippen LogP contribution in [0.3, 0.4) is 0 Å². The van der Waals surface area contributed by atoms with E-state index in [9.17, 15) is 5.26 Å². The Morgan fingerprint density at radius 3 is 2.64 bits per heavy atom. The highest BCUT2D eigenvalue weighted by Crippen LogP contribution is 2.28. The molecule has 2 aromatic rings. The van der Waals surface area contributed by atoms with Gasteiger partial charge in [-0.25, -0.2) is 9.97 Å². The van der Waals surface area contributed by atoms with Crippen molar-refractivity contribution in [1.29, 1.82) is 5.26 Å². The van der Waals surface area contributed by atoms with Crippen molar-refractivity contribution in [3.05, 3.63) is 59.9 Å².